The van der Waals surface area contributed by atoms with Gasteiger partial charge in [-0.3, -0.25) is 5.10 Å². The number of hydrogen-bond donors (Lipinski definition) is 2. The third kappa shape index (κ3) is 1.16. The predicted molar refractivity (Wildman–Crippen MR) is 75.5 cm³/mol. The van der Waals surface area contributed by atoms with E-state index in [9.17, 15) is 0 Å². The molecule has 0 unspecified atom stereocenters. The van der Waals surface area contributed by atoms with E-state index in [-0.39, 0.29) is 0 Å². The first-order valence-corrected chi connectivity index (χ1v) is 5.87. The Morgan fingerprint density at radius 2 is 1.61 bits per heavy atom. The van der Waals surface area contributed by atoms with E-state index in [1.165, 1.54) is 10.8 Å². The van der Waals surface area contributed by atoms with Gasteiger partial charge in [-0.25, -0.2) is 0 Å². The monoisotopic (exact) mass is 233 g/mol. The number of aromatic nitrogens is 2. The molecule has 0 saturated heterocycles. The van der Waals surface area contributed by atoms with Gasteiger partial charge in [-0.2, -0.15) is 5.10 Å². The lowest BCUT2D eigenvalue weighted by Gasteiger charge is -2.06. The highest BCUT2D eigenvalue weighted by Gasteiger charge is 2.07. The summed E-state index contributed by atoms with van der Waals surface area (Å²) in [5.41, 5.74) is 7.89. The maximum absolute atomic E-state index is 6.12. The first-order valence-electron chi connectivity index (χ1n) is 5.87. The number of hydrogen-bond acceptors (Lipinski definition) is 2. The van der Waals surface area contributed by atoms with Gasteiger partial charge >= 0.3 is 0 Å². The van der Waals surface area contributed by atoms with Crippen LogP contribution >= 0.6 is 0 Å². The Balaban J connectivity index is 2.32. The van der Waals surface area contributed by atoms with Crippen molar-refractivity contribution in [2.24, 2.45) is 0 Å². The molecule has 3 N–H and O–H groups in total. The van der Waals surface area contributed by atoms with Crippen LogP contribution in [-0.4, -0.2) is 10.2 Å². The zero-order valence-corrected chi connectivity index (χ0v) is 9.64. The summed E-state index contributed by atoms with van der Waals surface area (Å²) in [6.45, 7) is 0. The van der Waals surface area contributed by atoms with Crippen molar-refractivity contribution in [2.75, 3.05) is 5.73 Å². The highest BCUT2D eigenvalue weighted by molar-refractivity contribution is 6.15. The number of fused-ring (bicyclic) bond motifs is 4. The number of nitrogens with one attached hydrogen (secondary N) is 1. The van der Waals surface area contributed by atoms with E-state index in [2.05, 4.69) is 34.5 Å². The van der Waals surface area contributed by atoms with E-state index in [0.717, 1.165) is 27.4 Å². The average Bonchev–Trinajstić information content (AvgIpc) is 2.85. The smallest absolute Gasteiger partial charge is 0.0677 e. The van der Waals surface area contributed by atoms with E-state index in [0.29, 0.717) is 0 Å². The van der Waals surface area contributed by atoms with Crippen molar-refractivity contribution in [1.82, 2.24) is 10.2 Å². The van der Waals surface area contributed by atoms with Gasteiger partial charge in [0.15, 0.2) is 0 Å². The van der Waals surface area contributed by atoms with E-state index in [1.807, 2.05) is 24.4 Å². The molecule has 0 saturated carbocycles. The van der Waals surface area contributed by atoms with Gasteiger partial charge in [0.05, 0.1) is 11.7 Å². The van der Waals surface area contributed by atoms with Gasteiger partial charge in [0.2, 0.25) is 0 Å². The topological polar surface area (TPSA) is 54.7 Å². The third-order valence-electron chi connectivity index (χ3n) is 3.46. The molecule has 0 aliphatic heterocycles. The first-order chi connectivity index (χ1) is 8.83. The zero-order valence-electron chi connectivity index (χ0n) is 9.64. The van der Waals surface area contributed by atoms with Crippen LogP contribution in [0.3, 0.4) is 0 Å². The van der Waals surface area contributed by atoms with Crippen molar-refractivity contribution in [2.45, 2.75) is 0 Å². The minimum atomic E-state index is 0.785. The lowest BCUT2D eigenvalue weighted by molar-refractivity contribution is 1.12. The first kappa shape index (κ1) is 9.48. The van der Waals surface area contributed by atoms with Crippen LogP contribution in [0.2, 0.25) is 0 Å². The van der Waals surface area contributed by atoms with Crippen LogP contribution in [-0.2, 0) is 0 Å². The molecular weight excluding hydrogens is 222 g/mol. The molecule has 0 aliphatic carbocycles. The van der Waals surface area contributed by atoms with Crippen LogP contribution in [0.15, 0.2) is 48.7 Å². The Bertz CT molecular complexity index is 890. The quantitative estimate of drug-likeness (QED) is 0.361. The summed E-state index contributed by atoms with van der Waals surface area (Å²) in [5, 5.41) is 12.8. The molecule has 0 amide bonds. The van der Waals surface area contributed by atoms with Gasteiger partial charge < -0.3 is 5.73 Å². The second-order valence-electron chi connectivity index (χ2n) is 4.54. The molecule has 4 rings (SSSR count). The fourth-order valence-electron chi connectivity index (χ4n) is 2.56. The number of anilines is 1. The lowest BCUT2D eigenvalue weighted by Crippen LogP contribution is -1.88. The zero-order chi connectivity index (χ0) is 12.1. The molecule has 86 valence electrons. The number of rotatable bonds is 0. The molecule has 0 bridgehead atoms. The molecule has 4 aromatic rings. The number of nitrogens with two attached hydrogens (primary N) is 1. The maximum Gasteiger partial charge on any atom is 0.0677 e. The van der Waals surface area contributed by atoms with Gasteiger partial charge in [-0.1, -0.05) is 24.3 Å². The third-order valence-corrected chi connectivity index (χ3v) is 3.46. The van der Waals surface area contributed by atoms with Crippen molar-refractivity contribution in [3.8, 4) is 0 Å². The molecule has 18 heavy (non-hydrogen) atoms. The summed E-state index contributed by atoms with van der Waals surface area (Å²) in [4.78, 5) is 0. The molecule has 3 heteroatoms. The lowest BCUT2D eigenvalue weighted by atomic mass is 10.00. The largest absolute Gasteiger partial charge is 0.398 e. The fourth-order valence-corrected chi connectivity index (χ4v) is 2.56. The Kier molecular flexibility index (Phi) is 1.70. The van der Waals surface area contributed by atoms with E-state index in [1.54, 1.807) is 0 Å². The fraction of sp³-hybridized carbons (Fsp3) is 0. The van der Waals surface area contributed by atoms with Crippen LogP contribution in [0.5, 0.6) is 0 Å². The normalized spacial score (nSPS) is 11.6. The Morgan fingerprint density at radius 3 is 2.39 bits per heavy atom. The van der Waals surface area contributed by atoms with Gasteiger partial charge in [-0.15, -0.1) is 0 Å². The SMILES string of the molecule is Nc1cc2[nH]ncc2c2cc3ccccc3cc12. The summed E-state index contributed by atoms with van der Waals surface area (Å²) < 4.78 is 0. The number of nitrogens with zero attached hydrogens (tertiary/aromatic N) is 1. The summed E-state index contributed by atoms with van der Waals surface area (Å²) in [5.74, 6) is 0. The highest BCUT2D eigenvalue weighted by atomic mass is 15.1. The number of nitrogen functional groups attached to an aromatic ring is 1. The maximum atomic E-state index is 6.12. The van der Waals surface area contributed by atoms with Gasteiger partial charge in [0.1, 0.15) is 0 Å². The molecule has 0 aliphatic rings. The highest BCUT2D eigenvalue weighted by Crippen LogP contribution is 2.32. The Morgan fingerprint density at radius 1 is 0.889 bits per heavy atom. The van der Waals surface area contributed by atoms with Crippen LogP contribution in [0, 0.1) is 0 Å². The van der Waals surface area contributed by atoms with Crippen molar-refractivity contribution in [1.29, 1.82) is 0 Å². The second-order valence-corrected chi connectivity index (χ2v) is 4.54. The predicted octanol–water partition coefficient (Wildman–Crippen LogP) is 3.45. The summed E-state index contributed by atoms with van der Waals surface area (Å²) in [6.07, 6.45) is 1.85. The number of benzene rings is 3. The second kappa shape index (κ2) is 3.23. The summed E-state index contributed by atoms with van der Waals surface area (Å²) in [7, 11) is 0. The van der Waals surface area contributed by atoms with Crippen molar-refractivity contribution in [3.63, 3.8) is 0 Å². The van der Waals surface area contributed by atoms with Crippen molar-refractivity contribution >= 4 is 38.1 Å². The van der Waals surface area contributed by atoms with Gasteiger partial charge in [-0.05, 0) is 34.4 Å². The standard InChI is InChI=1S/C15H11N3/c16-14-7-15-13(8-17-18-15)11-5-9-3-1-2-4-10(9)6-12(11)14/h1-8H,16H2,(H,17,18). The van der Waals surface area contributed by atoms with E-state index in [4.69, 9.17) is 5.73 Å². The van der Waals surface area contributed by atoms with Crippen molar-refractivity contribution < 1.29 is 0 Å². The summed E-state index contributed by atoms with van der Waals surface area (Å²) in [6, 6.07) is 14.6. The van der Waals surface area contributed by atoms with E-state index < -0.39 is 0 Å². The molecular formula is C15H11N3. The van der Waals surface area contributed by atoms with Crippen LogP contribution in [0.4, 0.5) is 5.69 Å². The Labute approximate surface area is 103 Å². The number of H-pyrrole nitrogens is 1. The van der Waals surface area contributed by atoms with Crippen molar-refractivity contribution in [3.05, 3.63) is 48.7 Å². The molecule has 1 aromatic heterocycles. The van der Waals surface area contributed by atoms with Gasteiger partial charge in [0, 0.05) is 16.5 Å². The molecule has 1 heterocycles. The Hall–Kier alpha value is -2.55. The molecule has 0 atom stereocenters. The minimum Gasteiger partial charge on any atom is -0.398 e. The number of aromatic amines is 1. The molecule has 3 aromatic carbocycles. The molecule has 0 spiro atoms. The summed E-state index contributed by atoms with van der Waals surface area (Å²) >= 11 is 0. The van der Waals surface area contributed by atoms with Crippen LogP contribution < -0.4 is 5.73 Å². The average molecular weight is 233 g/mol. The van der Waals surface area contributed by atoms with E-state index >= 15 is 0 Å². The van der Waals surface area contributed by atoms with Gasteiger partial charge in [0.25, 0.3) is 0 Å². The molecule has 0 fully saturated rings. The van der Waals surface area contributed by atoms with Crippen LogP contribution in [0.25, 0.3) is 32.4 Å². The minimum absolute atomic E-state index is 0.785. The molecule has 3 nitrogen and oxygen atoms in total. The molecule has 0 radical (unpaired) electrons. The van der Waals surface area contributed by atoms with Crippen LogP contribution in [0.1, 0.15) is 0 Å².